The van der Waals surface area contributed by atoms with Crippen LogP contribution in [0, 0.1) is 5.92 Å². The third-order valence-corrected chi connectivity index (χ3v) is 5.23. The molecule has 0 N–H and O–H groups in total. The first-order valence-corrected chi connectivity index (χ1v) is 7.82. The summed E-state index contributed by atoms with van der Waals surface area (Å²) in [4.78, 5) is 0. The largest absolute Gasteiger partial charge is 0.494 e. The van der Waals surface area contributed by atoms with Crippen molar-refractivity contribution in [3.05, 3.63) is 29.8 Å². The van der Waals surface area contributed by atoms with E-state index in [9.17, 15) is 0 Å². The van der Waals surface area contributed by atoms with Gasteiger partial charge in [0, 0.05) is 0 Å². The molecule has 1 aromatic rings. The van der Waals surface area contributed by atoms with Gasteiger partial charge in [0.15, 0.2) is 0 Å². The van der Waals surface area contributed by atoms with Crippen LogP contribution in [0.4, 0.5) is 0 Å². The van der Waals surface area contributed by atoms with Gasteiger partial charge in [-0.25, -0.2) is 0 Å². The molecule has 1 saturated carbocycles. The molecule has 1 aromatic carbocycles. The fraction of sp³-hybridized carbons (Fsp3) is 0.647. The summed E-state index contributed by atoms with van der Waals surface area (Å²) in [6, 6.07) is 8.74. The second kappa shape index (κ2) is 4.89. The van der Waals surface area contributed by atoms with Crippen LogP contribution in [0.1, 0.15) is 52.5 Å². The van der Waals surface area contributed by atoms with Crippen molar-refractivity contribution in [2.75, 3.05) is 0 Å². The van der Waals surface area contributed by atoms with Gasteiger partial charge in [-0.15, -0.1) is 0 Å². The summed E-state index contributed by atoms with van der Waals surface area (Å²) in [5.74, 6) is 0.892. The van der Waals surface area contributed by atoms with E-state index in [1.54, 1.807) is 0 Å². The first-order chi connectivity index (χ1) is 9.37. The Balaban J connectivity index is 1.76. The molecular formula is C17H25BO2. The Hall–Kier alpha value is -0.795. The molecule has 1 aliphatic heterocycles. The van der Waals surface area contributed by atoms with Crippen LogP contribution in [0.5, 0.6) is 0 Å². The highest BCUT2D eigenvalue weighted by Crippen LogP contribution is 2.36. The predicted octanol–water partition coefficient (Wildman–Crippen LogP) is 3.33. The molecule has 0 aromatic heterocycles. The Bertz CT molecular complexity index is 476. The average Bonchev–Trinajstić information content (AvgIpc) is 2.54. The molecule has 3 rings (SSSR count). The van der Waals surface area contributed by atoms with Gasteiger partial charge in [0.25, 0.3) is 0 Å². The molecule has 108 valence electrons. The molecule has 2 nitrogen and oxygen atoms in total. The van der Waals surface area contributed by atoms with Crippen molar-refractivity contribution in [1.82, 2.24) is 0 Å². The normalized spacial score (nSPS) is 24.7. The number of rotatable bonds is 3. The van der Waals surface area contributed by atoms with E-state index >= 15 is 0 Å². The van der Waals surface area contributed by atoms with Gasteiger partial charge in [0.1, 0.15) is 0 Å². The van der Waals surface area contributed by atoms with E-state index in [-0.39, 0.29) is 18.3 Å². The second-order valence-corrected chi connectivity index (χ2v) is 7.33. The van der Waals surface area contributed by atoms with Gasteiger partial charge in [0.2, 0.25) is 0 Å². The maximum absolute atomic E-state index is 6.13. The number of hydrogen-bond donors (Lipinski definition) is 0. The lowest BCUT2D eigenvalue weighted by atomic mass is 9.76. The third-order valence-electron chi connectivity index (χ3n) is 5.23. The van der Waals surface area contributed by atoms with Crippen LogP contribution < -0.4 is 5.46 Å². The van der Waals surface area contributed by atoms with Gasteiger partial charge in [-0.1, -0.05) is 43.5 Å². The fourth-order valence-electron chi connectivity index (χ4n) is 2.88. The molecule has 0 amide bonds. The van der Waals surface area contributed by atoms with E-state index < -0.39 is 0 Å². The van der Waals surface area contributed by atoms with Gasteiger partial charge in [-0.2, -0.15) is 0 Å². The van der Waals surface area contributed by atoms with Crippen LogP contribution in [0.25, 0.3) is 0 Å². The predicted molar refractivity (Wildman–Crippen MR) is 83.2 cm³/mol. The van der Waals surface area contributed by atoms with Crippen LogP contribution in [-0.4, -0.2) is 18.3 Å². The Morgan fingerprint density at radius 2 is 1.75 bits per heavy atom. The first-order valence-electron chi connectivity index (χ1n) is 7.82. The number of benzene rings is 1. The monoisotopic (exact) mass is 272 g/mol. The Kier molecular flexibility index (Phi) is 3.46. The molecule has 0 bridgehead atoms. The van der Waals surface area contributed by atoms with E-state index in [0.717, 1.165) is 11.4 Å². The Morgan fingerprint density at radius 1 is 1.10 bits per heavy atom. The van der Waals surface area contributed by atoms with Crippen molar-refractivity contribution in [2.24, 2.45) is 5.92 Å². The summed E-state index contributed by atoms with van der Waals surface area (Å²) in [6.45, 7) is 8.41. The van der Waals surface area contributed by atoms with Crippen molar-refractivity contribution in [2.45, 2.75) is 64.6 Å². The smallest absolute Gasteiger partial charge is 0.399 e. The second-order valence-electron chi connectivity index (χ2n) is 7.33. The highest BCUT2D eigenvalue weighted by Gasteiger charge is 2.51. The topological polar surface area (TPSA) is 18.5 Å². The summed E-state index contributed by atoms with van der Waals surface area (Å²) >= 11 is 0. The van der Waals surface area contributed by atoms with E-state index in [2.05, 4.69) is 52.0 Å². The maximum Gasteiger partial charge on any atom is 0.494 e. The van der Waals surface area contributed by atoms with E-state index in [0.29, 0.717) is 0 Å². The highest BCUT2D eigenvalue weighted by molar-refractivity contribution is 6.62. The molecule has 2 fully saturated rings. The Morgan fingerprint density at radius 3 is 2.30 bits per heavy atom. The molecule has 1 heterocycles. The summed E-state index contributed by atoms with van der Waals surface area (Å²) < 4.78 is 12.3. The molecule has 0 spiro atoms. The lowest BCUT2D eigenvalue weighted by Crippen LogP contribution is -2.41. The van der Waals surface area contributed by atoms with Crippen molar-refractivity contribution in [1.29, 1.82) is 0 Å². The van der Waals surface area contributed by atoms with Gasteiger partial charge in [0.05, 0.1) is 11.2 Å². The zero-order valence-corrected chi connectivity index (χ0v) is 13.1. The average molecular weight is 272 g/mol. The van der Waals surface area contributed by atoms with Crippen LogP contribution in [0.2, 0.25) is 0 Å². The van der Waals surface area contributed by atoms with E-state index in [1.165, 1.54) is 31.2 Å². The van der Waals surface area contributed by atoms with E-state index in [1.807, 2.05) is 0 Å². The molecule has 2 aliphatic rings. The molecule has 3 heteroatoms. The van der Waals surface area contributed by atoms with Crippen molar-refractivity contribution in [3.8, 4) is 0 Å². The van der Waals surface area contributed by atoms with Crippen LogP contribution >= 0.6 is 0 Å². The first kappa shape index (κ1) is 14.2. The lowest BCUT2D eigenvalue weighted by molar-refractivity contribution is 0.00578. The molecule has 20 heavy (non-hydrogen) atoms. The van der Waals surface area contributed by atoms with Gasteiger partial charge < -0.3 is 9.31 Å². The molecule has 0 unspecified atom stereocenters. The highest BCUT2D eigenvalue weighted by atomic mass is 16.7. The maximum atomic E-state index is 6.13. The van der Waals surface area contributed by atoms with Crippen molar-refractivity contribution < 1.29 is 9.31 Å². The summed E-state index contributed by atoms with van der Waals surface area (Å²) in [7, 11) is -0.235. The quantitative estimate of drug-likeness (QED) is 0.786. The zero-order valence-electron chi connectivity index (χ0n) is 13.1. The van der Waals surface area contributed by atoms with Crippen molar-refractivity contribution in [3.63, 3.8) is 0 Å². The minimum atomic E-state index is -0.262. The molecule has 0 atom stereocenters. The fourth-order valence-corrected chi connectivity index (χ4v) is 2.88. The van der Waals surface area contributed by atoms with Crippen molar-refractivity contribution >= 4 is 12.6 Å². The molecule has 1 saturated heterocycles. The third kappa shape index (κ3) is 2.54. The lowest BCUT2D eigenvalue weighted by Gasteiger charge is -2.32. The van der Waals surface area contributed by atoms with Crippen LogP contribution in [0.3, 0.4) is 0 Å². The number of hydrogen-bond acceptors (Lipinski definition) is 2. The molecular weight excluding hydrogens is 247 g/mol. The van der Waals surface area contributed by atoms with Crippen LogP contribution in [0.15, 0.2) is 24.3 Å². The standard InChI is InChI=1S/C17H25BO2/c1-16(2)17(3,4)20-18(19-16)15-10-6-9-14(12-15)11-13-7-5-8-13/h6,9-10,12-13H,5,7-8,11H2,1-4H3. The zero-order chi connectivity index (χ0) is 14.4. The van der Waals surface area contributed by atoms with Gasteiger partial charge in [-0.3, -0.25) is 0 Å². The molecule has 1 aliphatic carbocycles. The minimum absolute atomic E-state index is 0.235. The molecule has 0 radical (unpaired) electrons. The van der Waals surface area contributed by atoms with E-state index in [4.69, 9.17) is 9.31 Å². The summed E-state index contributed by atoms with van der Waals surface area (Å²) in [5, 5.41) is 0. The SMILES string of the molecule is CC1(C)OB(c2cccc(CC3CCC3)c2)OC1(C)C. The van der Waals surface area contributed by atoms with Crippen LogP contribution in [-0.2, 0) is 15.7 Å². The Labute approximate surface area is 123 Å². The van der Waals surface area contributed by atoms with Gasteiger partial charge >= 0.3 is 7.12 Å². The minimum Gasteiger partial charge on any atom is -0.399 e. The summed E-state index contributed by atoms with van der Waals surface area (Å²) in [6.07, 6.45) is 5.39. The van der Waals surface area contributed by atoms with Gasteiger partial charge in [-0.05, 0) is 51.1 Å². The summed E-state index contributed by atoms with van der Waals surface area (Å²) in [5.41, 5.74) is 2.05.